The highest BCUT2D eigenvalue weighted by Gasteiger charge is 2.28. The maximum absolute atomic E-state index is 6.75. The Kier molecular flexibility index (Phi) is 6.78. The maximum atomic E-state index is 6.75. The second kappa shape index (κ2) is 11.2. The van der Waals surface area contributed by atoms with Crippen molar-refractivity contribution in [1.29, 1.82) is 0 Å². The Hall–Kier alpha value is -4.76. The maximum Gasteiger partial charge on any atom is 0.138 e. The topological polar surface area (TPSA) is 29.5 Å². The lowest BCUT2D eigenvalue weighted by Crippen LogP contribution is -2.15. The first-order valence-electron chi connectivity index (χ1n) is 17.6. The molecule has 0 N–H and O–H groups in total. The monoisotopic (exact) mass is 615 g/mol. The number of rotatable bonds is 5. The molecule has 3 nitrogen and oxygen atoms in total. The van der Waals surface area contributed by atoms with E-state index in [1.807, 2.05) is 0 Å². The van der Waals surface area contributed by atoms with Gasteiger partial charge in [0.2, 0.25) is 0 Å². The van der Waals surface area contributed by atoms with E-state index in [-0.39, 0.29) is 0 Å². The van der Waals surface area contributed by atoms with Gasteiger partial charge in [-0.15, -0.1) is 0 Å². The van der Waals surface area contributed by atoms with E-state index in [0.717, 1.165) is 46.7 Å². The average molecular weight is 616 g/mol. The number of anilines is 3. The summed E-state index contributed by atoms with van der Waals surface area (Å²) in [7, 11) is 0. The van der Waals surface area contributed by atoms with Crippen LogP contribution in [-0.2, 0) is 6.42 Å². The molecule has 7 aromatic rings. The van der Waals surface area contributed by atoms with Gasteiger partial charge in [0.05, 0.1) is 5.69 Å². The summed E-state index contributed by atoms with van der Waals surface area (Å²) in [5.41, 5.74) is 11.6. The lowest BCUT2D eigenvalue weighted by Gasteiger charge is -2.32. The number of hydrogen-bond acceptors (Lipinski definition) is 3. The van der Waals surface area contributed by atoms with Gasteiger partial charge in [-0.25, -0.2) is 0 Å². The van der Waals surface area contributed by atoms with Crippen LogP contribution < -0.4 is 4.90 Å². The van der Waals surface area contributed by atoms with Gasteiger partial charge in [-0.3, -0.25) is 0 Å². The molecule has 1 fully saturated rings. The summed E-state index contributed by atoms with van der Waals surface area (Å²) in [6.07, 6.45) is 13.2. The molecule has 5 aromatic carbocycles. The number of hydrogen-bond donors (Lipinski definition) is 0. The van der Waals surface area contributed by atoms with E-state index in [0.29, 0.717) is 11.8 Å². The van der Waals surface area contributed by atoms with Crippen LogP contribution in [0.15, 0.2) is 99.8 Å². The molecule has 234 valence electrons. The van der Waals surface area contributed by atoms with Crippen molar-refractivity contribution in [3.8, 4) is 0 Å². The van der Waals surface area contributed by atoms with E-state index in [1.54, 1.807) is 0 Å². The summed E-state index contributed by atoms with van der Waals surface area (Å²) in [4.78, 5) is 2.45. The van der Waals surface area contributed by atoms with Gasteiger partial charge in [0.1, 0.15) is 22.5 Å². The Balaban J connectivity index is 1.31. The van der Waals surface area contributed by atoms with Crippen LogP contribution in [0.25, 0.3) is 49.8 Å². The molecule has 3 heteroatoms. The van der Waals surface area contributed by atoms with Crippen LogP contribution in [0.3, 0.4) is 0 Å². The lowest BCUT2D eigenvalue weighted by molar-refractivity contribution is 0.443. The molecule has 2 heterocycles. The third-order valence-electron chi connectivity index (χ3n) is 11.0. The van der Waals surface area contributed by atoms with Crippen molar-refractivity contribution < 1.29 is 8.83 Å². The fourth-order valence-electron chi connectivity index (χ4n) is 8.61. The molecule has 2 aromatic heterocycles. The largest absolute Gasteiger partial charge is 0.461 e. The Labute approximate surface area is 276 Å². The minimum absolute atomic E-state index is 0.347. The molecule has 1 saturated carbocycles. The first-order chi connectivity index (χ1) is 23.1. The summed E-state index contributed by atoms with van der Waals surface area (Å²) in [5.74, 6) is 2.08. The molecule has 1 unspecified atom stereocenters. The average Bonchev–Trinajstić information content (AvgIpc) is 3.66. The van der Waals surface area contributed by atoms with Gasteiger partial charge in [-0.1, -0.05) is 87.7 Å². The SMILES string of the molecule is CCc1oc2cc(N(c3ccc(C4CCCCC4)cc3)c3cc4oc5ccc6ccccc6c5c4c4c3C(C)CC=C4)ccc2c1C. The predicted molar refractivity (Wildman–Crippen MR) is 198 cm³/mol. The van der Waals surface area contributed by atoms with Crippen molar-refractivity contribution in [2.75, 3.05) is 4.90 Å². The molecule has 0 amide bonds. The molecule has 0 spiro atoms. The lowest BCUT2D eigenvalue weighted by atomic mass is 9.83. The number of allylic oxidation sites excluding steroid dienone is 1. The Morgan fingerprint density at radius 1 is 0.745 bits per heavy atom. The van der Waals surface area contributed by atoms with Crippen molar-refractivity contribution in [2.24, 2.45) is 0 Å². The molecule has 0 radical (unpaired) electrons. The minimum Gasteiger partial charge on any atom is -0.461 e. The highest BCUT2D eigenvalue weighted by Crippen LogP contribution is 2.50. The summed E-state index contributed by atoms with van der Waals surface area (Å²) in [6.45, 7) is 6.71. The van der Waals surface area contributed by atoms with E-state index >= 15 is 0 Å². The standard InChI is InChI=1S/C44H41NO2/c1-4-38-28(3)34-23-22-33(25-40(34)46-38)45(32-20-17-30(18-21-32)29-12-6-5-7-13-29)37-26-41-44(36-16-10-11-27(2)42(36)37)43-35-15-9-8-14-31(35)19-24-39(43)47-41/h8-10,14-27,29H,4-7,11-13H2,1-3H3. The number of nitrogens with zero attached hydrogens (tertiary/aromatic N) is 1. The second-order valence-corrected chi connectivity index (χ2v) is 13.8. The number of benzene rings is 5. The molecule has 2 aliphatic rings. The molecule has 1 atom stereocenters. The van der Waals surface area contributed by atoms with Crippen LogP contribution in [0.5, 0.6) is 0 Å². The van der Waals surface area contributed by atoms with Crippen LogP contribution in [0, 0.1) is 6.92 Å². The van der Waals surface area contributed by atoms with Gasteiger partial charge < -0.3 is 13.7 Å². The third kappa shape index (κ3) is 4.54. The molecular formula is C44H41NO2. The number of aryl methyl sites for hydroxylation is 2. The Morgan fingerprint density at radius 2 is 1.55 bits per heavy atom. The summed E-state index contributed by atoms with van der Waals surface area (Å²) >= 11 is 0. The van der Waals surface area contributed by atoms with Crippen molar-refractivity contribution >= 4 is 66.8 Å². The van der Waals surface area contributed by atoms with E-state index in [1.165, 1.54) is 87.0 Å². The summed E-state index contributed by atoms with van der Waals surface area (Å²) < 4.78 is 13.2. The fraction of sp³-hybridized carbons (Fsp3) is 0.273. The van der Waals surface area contributed by atoms with Crippen LogP contribution >= 0.6 is 0 Å². The van der Waals surface area contributed by atoms with Gasteiger partial charge >= 0.3 is 0 Å². The predicted octanol–water partition coefficient (Wildman–Crippen LogP) is 13.4. The smallest absolute Gasteiger partial charge is 0.138 e. The molecule has 0 aliphatic heterocycles. The van der Waals surface area contributed by atoms with Gasteiger partial charge in [0, 0.05) is 46.1 Å². The Morgan fingerprint density at radius 3 is 2.38 bits per heavy atom. The quantitative estimate of drug-likeness (QED) is 0.193. The highest BCUT2D eigenvalue weighted by molar-refractivity contribution is 6.22. The normalized spacial score (nSPS) is 16.9. The number of fused-ring (bicyclic) bond motifs is 8. The van der Waals surface area contributed by atoms with Crippen LogP contribution in [0.2, 0.25) is 0 Å². The van der Waals surface area contributed by atoms with E-state index in [4.69, 9.17) is 8.83 Å². The van der Waals surface area contributed by atoms with Crippen molar-refractivity contribution in [3.63, 3.8) is 0 Å². The zero-order chi connectivity index (χ0) is 31.6. The second-order valence-electron chi connectivity index (χ2n) is 13.8. The first kappa shape index (κ1) is 28.5. The number of furan rings is 2. The molecule has 0 saturated heterocycles. The third-order valence-corrected chi connectivity index (χ3v) is 11.0. The summed E-state index contributed by atoms with van der Waals surface area (Å²) in [5, 5.41) is 6.10. The van der Waals surface area contributed by atoms with E-state index in [9.17, 15) is 0 Å². The molecule has 9 rings (SSSR count). The van der Waals surface area contributed by atoms with E-state index in [2.05, 4.69) is 123 Å². The zero-order valence-electron chi connectivity index (χ0n) is 27.6. The molecular weight excluding hydrogens is 574 g/mol. The van der Waals surface area contributed by atoms with Crippen molar-refractivity contribution in [3.05, 3.63) is 119 Å². The van der Waals surface area contributed by atoms with Gasteiger partial charge in [-0.05, 0) is 101 Å². The van der Waals surface area contributed by atoms with Crippen molar-refractivity contribution in [1.82, 2.24) is 0 Å². The molecule has 0 bridgehead atoms. The minimum atomic E-state index is 0.347. The van der Waals surface area contributed by atoms with Crippen LogP contribution in [0.4, 0.5) is 17.1 Å². The fourth-order valence-corrected chi connectivity index (χ4v) is 8.61. The van der Waals surface area contributed by atoms with Crippen molar-refractivity contribution in [2.45, 2.75) is 77.6 Å². The molecule has 2 aliphatic carbocycles. The van der Waals surface area contributed by atoms with Gasteiger partial charge in [-0.2, -0.15) is 0 Å². The Bertz CT molecular complexity index is 2330. The van der Waals surface area contributed by atoms with Gasteiger partial charge in [0.25, 0.3) is 0 Å². The summed E-state index contributed by atoms with van der Waals surface area (Å²) in [6, 6.07) is 31.5. The van der Waals surface area contributed by atoms with Crippen LogP contribution in [-0.4, -0.2) is 0 Å². The molecule has 47 heavy (non-hydrogen) atoms. The highest BCUT2D eigenvalue weighted by atomic mass is 16.3. The van der Waals surface area contributed by atoms with Gasteiger partial charge in [0.15, 0.2) is 0 Å². The first-order valence-corrected chi connectivity index (χ1v) is 17.6. The van der Waals surface area contributed by atoms with Crippen LogP contribution in [0.1, 0.15) is 92.2 Å². The van der Waals surface area contributed by atoms with E-state index < -0.39 is 0 Å². The zero-order valence-corrected chi connectivity index (χ0v) is 27.6.